The number of ether oxygens (including phenoxy) is 1. The van der Waals surface area contributed by atoms with Crippen molar-refractivity contribution in [2.75, 3.05) is 31.6 Å². The Hall–Kier alpha value is -2.12. The molecular formula is C19H21FN2O3S. The van der Waals surface area contributed by atoms with Gasteiger partial charge in [-0.2, -0.15) is 4.31 Å². The third-order valence-electron chi connectivity index (χ3n) is 5.09. The first-order chi connectivity index (χ1) is 12.5. The van der Waals surface area contributed by atoms with Crippen LogP contribution in [0.15, 0.2) is 47.4 Å². The van der Waals surface area contributed by atoms with E-state index in [0.717, 1.165) is 30.6 Å². The second-order valence-corrected chi connectivity index (χ2v) is 8.62. The number of anilines is 1. The van der Waals surface area contributed by atoms with Gasteiger partial charge in [0.15, 0.2) is 0 Å². The summed E-state index contributed by atoms with van der Waals surface area (Å²) in [6.07, 6.45) is 1.51. The zero-order chi connectivity index (χ0) is 18.3. The summed E-state index contributed by atoms with van der Waals surface area (Å²) >= 11 is 0. The standard InChI is InChI=1S/C19H21FN2O3S/c1-21-11-12-25-19-13-16(8-9-18(19)21)26(23,24)22-10-2-3-17(22)14-4-6-15(20)7-5-14/h4-9,13,17H,2-3,10-12H2,1H3/t17-/m1/s1. The molecule has 1 saturated heterocycles. The van der Waals surface area contributed by atoms with Gasteiger partial charge in [0.05, 0.1) is 23.2 Å². The number of nitrogens with zero attached hydrogens (tertiary/aromatic N) is 2. The minimum absolute atomic E-state index is 0.237. The molecule has 138 valence electrons. The van der Waals surface area contributed by atoms with E-state index in [9.17, 15) is 12.8 Å². The number of likely N-dealkylation sites (N-methyl/N-ethyl adjacent to an activating group) is 1. The molecule has 0 unspecified atom stereocenters. The van der Waals surface area contributed by atoms with Crippen molar-refractivity contribution >= 4 is 15.7 Å². The molecule has 0 amide bonds. The lowest BCUT2D eigenvalue weighted by Gasteiger charge is -2.29. The second kappa shape index (κ2) is 6.55. The lowest BCUT2D eigenvalue weighted by atomic mass is 10.1. The van der Waals surface area contributed by atoms with E-state index < -0.39 is 10.0 Å². The van der Waals surface area contributed by atoms with Gasteiger partial charge in [-0.25, -0.2) is 12.8 Å². The maximum Gasteiger partial charge on any atom is 0.243 e. The largest absolute Gasteiger partial charge is 0.490 e. The molecule has 0 spiro atoms. The minimum atomic E-state index is -3.66. The van der Waals surface area contributed by atoms with Gasteiger partial charge >= 0.3 is 0 Å². The molecule has 4 rings (SSSR count). The highest BCUT2D eigenvalue weighted by molar-refractivity contribution is 7.89. The van der Waals surface area contributed by atoms with Gasteiger partial charge in [0, 0.05) is 19.7 Å². The van der Waals surface area contributed by atoms with Gasteiger partial charge < -0.3 is 9.64 Å². The lowest BCUT2D eigenvalue weighted by Crippen LogP contribution is -2.32. The van der Waals surface area contributed by atoms with Crippen LogP contribution in [0.1, 0.15) is 24.4 Å². The zero-order valence-electron chi connectivity index (χ0n) is 14.6. The van der Waals surface area contributed by atoms with E-state index in [1.54, 1.807) is 30.3 Å². The summed E-state index contributed by atoms with van der Waals surface area (Å²) in [6.45, 7) is 1.77. The Bertz CT molecular complexity index is 915. The Labute approximate surface area is 153 Å². The molecule has 0 aromatic heterocycles. The first-order valence-corrected chi connectivity index (χ1v) is 10.2. The third-order valence-corrected chi connectivity index (χ3v) is 7.00. The summed E-state index contributed by atoms with van der Waals surface area (Å²) in [7, 11) is -1.70. The van der Waals surface area contributed by atoms with Gasteiger partial charge in [-0.3, -0.25) is 0 Å². The fraction of sp³-hybridized carbons (Fsp3) is 0.368. The number of hydrogen-bond donors (Lipinski definition) is 0. The van der Waals surface area contributed by atoms with Crippen molar-refractivity contribution in [3.63, 3.8) is 0 Å². The fourth-order valence-corrected chi connectivity index (χ4v) is 5.38. The van der Waals surface area contributed by atoms with Crippen LogP contribution in [-0.2, 0) is 10.0 Å². The molecule has 0 saturated carbocycles. The van der Waals surface area contributed by atoms with Gasteiger partial charge in [0.2, 0.25) is 10.0 Å². The predicted molar refractivity (Wildman–Crippen MR) is 97.5 cm³/mol. The van der Waals surface area contributed by atoms with Crippen LogP contribution in [0.4, 0.5) is 10.1 Å². The van der Waals surface area contributed by atoms with Gasteiger partial charge in [-0.05, 0) is 42.7 Å². The average molecular weight is 376 g/mol. The highest BCUT2D eigenvalue weighted by atomic mass is 32.2. The van der Waals surface area contributed by atoms with Gasteiger partial charge in [0.1, 0.15) is 18.2 Å². The number of halogens is 1. The van der Waals surface area contributed by atoms with Crippen LogP contribution in [0.2, 0.25) is 0 Å². The third kappa shape index (κ3) is 2.95. The topological polar surface area (TPSA) is 49.9 Å². The van der Waals surface area contributed by atoms with Crippen molar-refractivity contribution in [1.82, 2.24) is 4.31 Å². The fourth-order valence-electron chi connectivity index (χ4n) is 3.68. The van der Waals surface area contributed by atoms with Gasteiger partial charge in [-0.15, -0.1) is 0 Å². The number of hydrogen-bond acceptors (Lipinski definition) is 4. The Morgan fingerprint density at radius 1 is 1.12 bits per heavy atom. The average Bonchev–Trinajstić information content (AvgIpc) is 3.13. The Morgan fingerprint density at radius 3 is 2.65 bits per heavy atom. The molecule has 1 fully saturated rings. The lowest BCUT2D eigenvalue weighted by molar-refractivity contribution is 0.310. The molecule has 0 bridgehead atoms. The molecule has 5 nitrogen and oxygen atoms in total. The Balaban J connectivity index is 1.68. The molecule has 2 aromatic rings. The predicted octanol–water partition coefficient (Wildman–Crippen LogP) is 3.18. The number of fused-ring (bicyclic) bond motifs is 1. The quantitative estimate of drug-likeness (QED) is 0.826. The SMILES string of the molecule is CN1CCOc2cc(S(=O)(=O)N3CCC[C@@H]3c3ccc(F)cc3)ccc21. The van der Waals surface area contributed by atoms with Crippen molar-refractivity contribution in [3.05, 3.63) is 53.8 Å². The Kier molecular flexibility index (Phi) is 4.36. The molecule has 2 aromatic carbocycles. The Morgan fingerprint density at radius 2 is 1.88 bits per heavy atom. The molecule has 26 heavy (non-hydrogen) atoms. The van der Waals surface area contributed by atoms with Crippen LogP contribution >= 0.6 is 0 Å². The van der Waals surface area contributed by atoms with Crippen LogP contribution in [0.25, 0.3) is 0 Å². The number of rotatable bonds is 3. The van der Waals surface area contributed by atoms with Gasteiger partial charge in [0.25, 0.3) is 0 Å². The molecule has 2 heterocycles. The molecular weight excluding hydrogens is 355 g/mol. The highest BCUT2D eigenvalue weighted by Crippen LogP contribution is 2.39. The van der Waals surface area contributed by atoms with Crippen molar-refractivity contribution < 1.29 is 17.5 Å². The smallest absolute Gasteiger partial charge is 0.243 e. The monoisotopic (exact) mass is 376 g/mol. The summed E-state index contributed by atoms with van der Waals surface area (Å²) < 4.78 is 46.9. The molecule has 0 N–H and O–H groups in total. The molecule has 0 aliphatic carbocycles. The second-order valence-electron chi connectivity index (χ2n) is 6.72. The van der Waals surface area contributed by atoms with E-state index in [2.05, 4.69) is 0 Å². The maximum absolute atomic E-state index is 13.2. The van der Waals surface area contributed by atoms with Crippen LogP contribution in [0.5, 0.6) is 5.75 Å². The van der Waals surface area contributed by atoms with Crippen molar-refractivity contribution in [2.45, 2.75) is 23.8 Å². The number of sulfonamides is 1. The van der Waals surface area contributed by atoms with E-state index in [1.165, 1.54) is 16.4 Å². The van der Waals surface area contributed by atoms with E-state index in [-0.39, 0.29) is 16.8 Å². The number of benzene rings is 2. The van der Waals surface area contributed by atoms with E-state index in [0.29, 0.717) is 18.9 Å². The highest BCUT2D eigenvalue weighted by Gasteiger charge is 2.36. The maximum atomic E-state index is 13.2. The summed E-state index contributed by atoms with van der Waals surface area (Å²) in [4.78, 5) is 2.28. The summed E-state index contributed by atoms with van der Waals surface area (Å²) in [6, 6.07) is 10.9. The van der Waals surface area contributed by atoms with Crippen molar-refractivity contribution in [2.24, 2.45) is 0 Å². The van der Waals surface area contributed by atoms with E-state index >= 15 is 0 Å². The first-order valence-electron chi connectivity index (χ1n) is 8.72. The summed E-state index contributed by atoms with van der Waals surface area (Å²) in [5.74, 6) is 0.273. The van der Waals surface area contributed by atoms with Crippen molar-refractivity contribution in [1.29, 1.82) is 0 Å². The molecule has 1 atom stereocenters. The van der Waals surface area contributed by atoms with E-state index in [4.69, 9.17) is 4.74 Å². The van der Waals surface area contributed by atoms with Crippen LogP contribution < -0.4 is 9.64 Å². The van der Waals surface area contributed by atoms with Gasteiger partial charge in [-0.1, -0.05) is 12.1 Å². The van der Waals surface area contributed by atoms with Crippen LogP contribution in [-0.4, -0.2) is 39.5 Å². The van der Waals surface area contributed by atoms with Crippen molar-refractivity contribution in [3.8, 4) is 5.75 Å². The first kappa shape index (κ1) is 17.3. The summed E-state index contributed by atoms with van der Waals surface area (Å²) in [5, 5.41) is 0. The molecule has 7 heteroatoms. The summed E-state index contributed by atoms with van der Waals surface area (Å²) in [5.41, 5.74) is 1.72. The van der Waals surface area contributed by atoms with Crippen LogP contribution in [0.3, 0.4) is 0 Å². The zero-order valence-corrected chi connectivity index (χ0v) is 15.4. The molecule has 2 aliphatic rings. The normalized spacial score (nSPS) is 20.7. The molecule has 2 aliphatic heterocycles. The van der Waals surface area contributed by atoms with E-state index in [1.807, 2.05) is 11.9 Å². The minimum Gasteiger partial charge on any atom is -0.490 e. The molecule has 0 radical (unpaired) electrons. The van der Waals surface area contributed by atoms with Crippen LogP contribution in [0, 0.1) is 5.82 Å².